The van der Waals surface area contributed by atoms with Crippen LogP contribution in [0.5, 0.6) is 0 Å². The molecule has 1 aliphatic carbocycles. The van der Waals surface area contributed by atoms with Gasteiger partial charge in [0.25, 0.3) is 0 Å². The summed E-state index contributed by atoms with van der Waals surface area (Å²) in [5.41, 5.74) is 0.0233. The molecule has 2 amide bonds. The van der Waals surface area contributed by atoms with E-state index in [4.69, 9.17) is 16.4 Å². The molecule has 0 spiro atoms. The highest BCUT2D eigenvalue weighted by molar-refractivity contribution is 6.31. The first kappa shape index (κ1) is 29.0. The highest BCUT2D eigenvalue weighted by Gasteiger charge is 2.41. The van der Waals surface area contributed by atoms with Gasteiger partial charge in [0.05, 0.1) is 11.3 Å². The van der Waals surface area contributed by atoms with Gasteiger partial charge >= 0.3 is 5.97 Å². The number of carbonyl (C=O) groups excluding carboxylic acids is 3. The fourth-order valence-corrected chi connectivity index (χ4v) is 5.35. The third kappa shape index (κ3) is 7.17. The third-order valence-electron chi connectivity index (χ3n) is 7.31. The molecule has 4 rings (SSSR count). The first-order valence-electron chi connectivity index (χ1n) is 13.7. The Labute approximate surface area is 234 Å². The normalized spacial score (nSPS) is 19.4. The van der Waals surface area contributed by atoms with E-state index >= 15 is 0 Å². The fourth-order valence-electron chi connectivity index (χ4n) is 5.11. The Kier molecular flexibility index (Phi) is 9.28. The van der Waals surface area contributed by atoms with Crippen molar-refractivity contribution in [3.05, 3.63) is 64.9 Å². The second-order valence-electron chi connectivity index (χ2n) is 11.5. The molecule has 2 unspecified atom stereocenters. The molecule has 2 aromatic rings. The van der Waals surface area contributed by atoms with Crippen molar-refractivity contribution in [1.29, 1.82) is 0 Å². The van der Waals surface area contributed by atoms with E-state index in [0.717, 1.165) is 32.1 Å². The van der Waals surface area contributed by atoms with Gasteiger partial charge in [0.1, 0.15) is 11.9 Å². The number of halogens is 2. The van der Waals surface area contributed by atoms with Crippen molar-refractivity contribution in [2.75, 3.05) is 18.0 Å². The molecule has 1 saturated heterocycles. The zero-order chi connectivity index (χ0) is 28.2. The Morgan fingerprint density at radius 2 is 1.77 bits per heavy atom. The second kappa shape index (κ2) is 12.5. The Morgan fingerprint density at radius 1 is 1.05 bits per heavy atom. The molecule has 7 nitrogen and oxygen atoms in total. The number of nitrogens with one attached hydrogen (secondary N) is 1. The molecule has 1 aliphatic heterocycles. The van der Waals surface area contributed by atoms with Crippen molar-refractivity contribution in [2.45, 2.75) is 71.4 Å². The average molecular weight is 558 g/mol. The van der Waals surface area contributed by atoms with E-state index in [9.17, 15) is 18.8 Å². The van der Waals surface area contributed by atoms with Gasteiger partial charge in [-0.2, -0.15) is 0 Å². The topological polar surface area (TPSA) is 79.0 Å². The van der Waals surface area contributed by atoms with Gasteiger partial charge in [0.15, 0.2) is 0 Å². The largest absolute Gasteiger partial charge is 0.367 e. The molecule has 1 saturated carbocycles. The predicted molar refractivity (Wildman–Crippen MR) is 148 cm³/mol. The highest BCUT2D eigenvalue weighted by atomic mass is 35.5. The number of carbonyl (C=O) groups is 3. The van der Waals surface area contributed by atoms with Crippen molar-refractivity contribution in [3.63, 3.8) is 0 Å². The van der Waals surface area contributed by atoms with E-state index in [0.29, 0.717) is 23.6 Å². The lowest BCUT2D eigenvalue weighted by molar-refractivity contribution is -0.196. The first-order valence-corrected chi connectivity index (χ1v) is 14.0. The summed E-state index contributed by atoms with van der Waals surface area (Å²) in [6.45, 7) is 5.84. The van der Waals surface area contributed by atoms with Gasteiger partial charge in [-0.25, -0.2) is 9.18 Å². The molecule has 1 heterocycles. The number of rotatable bonds is 7. The molecular formula is C30H37ClFN3O4. The third-order valence-corrected chi connectivity index (χ3v) is 7.65. The summed E-state index contributed by atoms with van der Waals surface area (Å²) in [7, 11) is 0. The number of benzene rings is 2. The molecule has 0 bridgehead atoms. The maximum Gasteiger partial charge on any atom is 0.330 e. The Hall–Kier alpha value is -2.97. The molecular weight excluding hydrogens is 521 g/mol. The number of amides is 2. The lowest BCUT2D eigenvalue weighted by Crippen LogP contribution is -2.49. The summed E-state index contributed by atoms with van der Waals surface area (Å²) in [6.07, 6.45) is 5.34. The minimum atomic E-state index is -1.11. The molecule has 2 aliphatic rings. The highest BCUT2D eigenvalue weighted by Crippen LogP contribution is 2.35. The van der Waals surface area contributed by atoms with Gasteiger partial charge in [0.2, 0.25) is 11.8 Å². The van der Waals surface area contributed by atoms with E-state index in [2.05, 4.69) is 5.32 Å². The fraction of sp³-hybridized carbons (Fsp3) is 0.500. The minimum absolute atomic E-state index is 0.000480. The lowest BCUT2D eigenvalue weighted by atomic mass is 9.94. The molecule has 2 fully saturated rings. The van der Waals surface area contributed by atoms with E-state index in [-0.39, 0.29) is 30.1 Å². The van der Waals surface area contributed by atoms with Crippen LogP contribution in [-0.4, -0.2) is 42.0 Å². The zero-order valence-electron chi connectivity index (χ0n) is 22.8. The van der Waals surface area contributed by atoms with E-state index < -0.39 is 29.2 Å². The Balaban J connectivity index is 1.69. The van der Waals surface area contributed by atoms with E-state index in [1.807, 2.05) is 0 Å². The number of nitrogens with zero attached hydrogens (tertiary/aromatic N) is 2. The van der Waals surface area contributed by atoms with Gasteiger partial charge in [-0.1, -0.05) is 55.1 Å². The van der Waals surface area contributed by atoms with Crippen LogP contribution >= 0.6 is 11.6 Å². The van der Waals surface area contributed by atoms with Crippen LogP contribution in [0, 0.1) is 17.2 Å². The molecule has 1 N–H and O–H groups in total. The predicted octanol–water partition coefficient (Wildman–Crippen LogP) is 5.83. The summed E-state index contributed by atoms with van der Waals surface area (Å²) in [6, 6.07) is 11.5. The molecule has 0 radical (unpaired) electrons. The summed E-state index contributed by atoms with van der Waals surface area (Å²) >= 11 is 6.60. The van der Waals surface area contributed by atoms with Crippen LogP contribution in [0.1, 0.15) is 70.9 Å². The van der Waals surface area contributed by atoms with Crippen LogP contribution in [0.3, 0.4) is 0 Å². The van der Waals surface area contributed by atoms with Crippen LogP contribution in [0.25, 0.3) is 0 Å². The lowest BCUT2D eigenvalue weighted by Gasteiger charge is -2.35. The van der Waals surface area contributed by atoms with Gasteiger partial charge < -0.3 is 10.2 Å². The van der Waals surface area contributed by atoms with Crippen LogP contribution in [0.4, 0.5) is 10.1 Å². The number of hydroxylamine groups is 2. The second-order valence-corrected chi connectivity index (χ2v) is 11.9. The first-order chi connectivity index (χ1) is 18.5. The van der Waals surface area contributed by atoms with Crippen molar-refractivity contribution < 1.29 is 23.6 Å². The molecule has 2 aromatic carbocycles. The van der Waals surface area contributed by atoms with Crippen LogP contribution in [0.2, 0.25) is 5.02 Å². The monoisotopic (exact) mass is 557 g/mol. The summed E-state index contributed by atoms with van der Waals surface area (Å²) < 4.78 is 14.5. The quantitative estimate of drug-likeness (QED) is 0.463. The van der Waals surface area contributed by atoms with E-state index in [1.54, 1.807) is 51.1 Å². The summed E-state index contributed by atoms with van der Waals surface area (Å²) in [5, 5.41) is 4.97. The van der Waals surface area contributed by atoms with Crippen molar-refractivity contribution in [2.24, 2.45) is 11.3 Å². The Morgan fingerprint density at radius 3 is 2.44 bits per heavy atom. The van der Waals surface area contributed by atoms with Crippen LogP contribution < -0.4 is 10.2 Å². The number of hydrogen-bond donors (Lipinski definition) is 1. The standard InChI is InChI=1S/C30H37ClFN3O4/c1-30(2,3)29(38)39-34-17-16-20(19-34)28(37)35(23-13-9-10-21(32)18-23)26(24-14-7-8-15-25(24)31)27(36)33-22-11-5-4-6-12-22/h7-10,13-15,18,20,22,26H,4-6,11-12,16-17,19H2,1-3H3,(H,33,36). The maximum absolute atomic E-state index is 14.5. The van der Waals surface area contributed by atoms with Gasteiger partial charge in [-0.05, 0) is 64.3 Å². The molecule has 9 heteroatoms. The molecule has 39 heavy (non-hydrogen) atoms. The summed E-state index contributed by atoms with van der Waals surface area (Å²) in [4.78, 5) is 47.5. The number of anilines is 1. The van der Waals surface area contributed by atoms with Crippen LogP contribution in [-0.2, 0) is 19.2 Å². The van der Waals surface area contributed by atoms with Crippen molar-refractivity contribution >= 4 is 35.1 Å². The molecule has 0 aromatic heterocycles. The van der Waals surface area contributed by atoms with Gasteiger partial charge in [-0.3, -0.25) is 14.5 Å². The molecule has 210 valence electrons. The van der Waals surface area contributed by atoms with Crippen molar-refractivity contribution in [1.82, 2.24) is 10.4 Å². The summed E-state index contributed by atoms with van der Waals surface area (Å²) in [5.74, 6) is -2.21. The Bertz CT molecular complexity index is 1190. The SMILES string of the molecule is CC(C)(C)C(=O)ON1CCC(C(=O)N(c2cccc(F)c2)C(C(=O)NC2CCCCC2)c2ccccc2Cl)C1. The van der Waals surface area contributed by atoms with Crippen molar-refractivity contribution in [3.8, 4) is 0 Å². The van der Waals surface area contributed by atoms with Crippen LogP contribution in [0.15, 0.2) is 48.5 Å². The molecule has 2 atom stereocenters. The van der Waals surface area contributed by atoms with Gasteiger partial charge in [0, 0.05) is 35.4 Å². The number of hydrogen-bond acceptors (Lipinski definition) is 5. The average Bonchev–Trinajstić information content (AvgIpc) is 3.36. The zero-order valence-corrected chi connectivity index (χ0v) is 23.5. The maximum atomic E-state index is 14.5. The van der Waals surface area contributed by atoms with Gasteiger partial charge in [-0.15, -0.1) is 5.06 Å². The van der Waals surface area contributed by atoms with E-state index in [1.165, 1.54) is 28.2 Å². The minimum Gasteiger partial charge on any atom is -0.367 e. The smallest absolute Gasteiger partial charge is 0.330 e.